The van der Waals surface area contributed by atoms with E-state index in [1.807, 2.05) is 42.5 Å². The number of anilines is 1. The molecule has 43 heavy (non-hydrogen) atoms. The van der Waals surface area contributed by atoms with E-state index < -0.39 is 26.2 Å². The van der Waals surface area contributed by atoms with Crippen LogP contribution in [-0.4, -0.2) is 56.2 Å². The molecule has 0 amide bonds. The summed E-state index contributed by atoms with van der Waals surface area (Å²) in [6, 6.07) is 21.6. The Bertz CT molecular complexity index is 1770. The molecule has 14 nitrogen and oxygen atoms in total. The predicted octanol–water partition coefficient (Wildman–Crippen LogP) is 3.03. The van der Waals surface area contributed by atoms with Crippen LogP contribution in [-0.2, 0) is 33.1 Å². The molecule has 0 aliphatic rings. The number of hydrogen-bond donors (Lipinski definition) is 7. The number of aryl methyl sites for hydroxylation is 2. The van der Waals surface area contributed by atoms with Crippen molar-refractivity contribution in [2.24, 2.45) is 11.5 Å². The number of ether oxygens (including phenoxy) is 1. The molecule has 0 saturated carbocycles. The first-order valence-electron chi connectivity index (χ1n) is 12.1. The Morgan fingerprint density at radius 1 is 0.837 bits per heavy atom. The number of hydrogen-bond acceptors (Lipinski definition) is 9. The van der Waals surface area contributed by atoms with Gasteiger partial charge in [0.1, 0.15) is 17.3 Å². The lowest BCUT2D eigenvalue weighted by molar-refractivity contribution is 0.0699. The molecule has 0 atom stereocenters. The zero-order valence-corrected chi connectivity index (χ0v) is 24.7. The normalized spacial score (nSPS) is 10.9. The highest BCUT2D eigenvalue weighted by Gasteiger charge is 2.14. The maximum atomic E-state index is 12.5. The van der Waals surface area contributed by atoms with E-state index in [9.17, 15) is 21.6 Å². The van der Waals surface area contributed by atoms with Crippen molar-refractivity contribution in [3.8, 4) is 5.75 Å². The molecule has 3 aromatic carbocycles. The molecule has 0 aliphatic carbocycles. The van der Waals surface area contributed by atoms with E-state index in [1.54, 1.807) is 30.3 Å². The van der Waals surface area contributed by atoms with Crippen molar-refractivity contribution in [2.45, 2.75) is 12.8 Å². The minimum atomic E-state index is -3.67. The number of furan rings is 1. The molecule has 0 fully saturated rings. The van der Waals surface area contributed by atoms with E-state index >= 15 is 0 Å². The van der Waals surface area contributed by atoms with E-state index in [2.05, 4.69) is 5.32 Å². The van der Waals surface area contributed by atoms with Crippen molar-refractivity contribution in [3.05, 3.63) is 95.4 Å². The molecule has 9 N–H and O–H groups in total. The second kappa shape index (κ2) is 14.9. The standard InChI is InChI=1S/C25H23N5O3.2CH4O3S/c26-23(27)18-5-4-17-14-21(10-6-16(17)13-18)33-24(31)22-12-11-20(32-22)9-3-15-1-7-19(8-2-15)30-25(28)29;2*1-5(2,3)4/h1-2,4-8,10-14H,3,9H2,(H3,26,27)(H4,28,29,30);2*1H3,(H,2,3,4). The second-order valence-electron chi connectivity index (χ2n) is 8.99. The van der Waals surface area contributed by atoms with Crippen LogP contribution >= 0.6 is 0 Å². The predicted molar refractivity (Wildman–Crippen MR) is 163 cm³/mol. The number of nitrogens with two attached hydrogens (primary N) is 2. The third-order valence-corrected chi connectivity index (χ3v) is 5.09. The number of carbonyl (C=O) groups excluding carboxylic acids is 1. The Morgan fingerprint density at radius 2 is 1.40 bits per heavy atom. The van der Waals surface area contributed by atoms with E-state index in [-0.39, 0.29) is 17.6 Å². The summed E-state index contributed by atoms with van der Waals surface area (Å²) in [7, 11) is -7.33. The number of carbonyl (C=O) groups is 1. The van der Waals surface area contributed by atoms with E-state index in [0.29, 0.717) is 36.0 Å². The summed E-state index contributed by atoms with van der Waals surface area (Å²) in [6.45, 7) is 0. The average Bonchev–Trinajstić information content (AvgIpc) is 3.35. The van der Waals surface area contributed by atoms with Crippen LogP contribution in [0.15, 0.2) is 77.2 Å². The molecule has 0 radical (unpaired) electrons. The Balaban J connectivity index is 0.000000559. The van der Waals surface area contributed by atoms with Gasteiger partial charge >= 0.3 is 5.97 Å². The van der Waals surface area contributed by atoms with Crippen molar-refractivity contribution in [3.63, 3.8) is 0 Å². The number of nitrogens with one attached hydrogen (secondary N) is 3. The number of amidine groups is 1. The number of guanidine groups is 1. The molecule has 1 aromatic heterocycles. The molecule has 1 heterocycles. The number of nitrogen functional groups attached to an aromatic ring is 1. The summed E-state index contributed by atoms with van der Waals surface area (Å²) >= 11 is 0. The topological polar surface area (TPSA) is 260 Å². The molecule has 0 unspecified atom stereocenters. The maximum Gasteiger partial charge on any atom is 0.379 e. The van der Waals surface area contributed by atoms with Gasteiger partial charge in [0.2, 0.25) is 5.76 Å². The van der Waals surface area contributed by atoms with Gasteiger partial charge in [-0.1, -0.05) is 30.3 Å². The fourth-order valence-electron chi connectivity index (χ4n) is 3.41. The maximum absolute atomic E-state index is 12.5. The SMILES string of the molecule is CS(=O)(=O)O.CS(=O)(=O)O.N=C(N)Nc1ccc(CCc2ccc(C(=O)Oc3ccc4cc(C(=N)N)ccc4c3)o2)cc1. The van der Waals surface area contributed by atoms with Crippen LogP contribution in [0.25, 0.3) is 10.8 Å². The lowest BCUT2D eigenvalue weighted by Gasteiger charge is -2.06. The van der Waals surface area contributed by atoms with Gasteiger partial charge in [-0.2, -0.15) is 16.8 Å². The van der Waals surface area contributed by atoms with Gasteiger partial charge in [0, 0.05) is 17.7 Å². The molecule has 0 aliphatic heterocycles. The summed E-state index contributed by atoms with van der Waals surface area (Å²) in [5.41, 5.74) is 13.3. The zero-order valence-electron chi connectivity index (χ0n) is 23.1. The first-order chi connectivity index (χ1) is 19.9. The van der Waals surface area contributed by atoms with Gasteiger partial charge in [0.15, 0.2) is 5.96 Å². The summed E-state index contributed by atoms with van der Waals surface area (Å²) in [4.78, 5) is 12.5. The highest BCUT2D eigenvalue weighted by molar-refractivity contribution is 7.85. The summed E-state index contributed by atoms with van der Waals surface area (Å²) in [5.74, 6) is 0.550. The van der Waals surface area contributed by atoms with Crippen LogP contribution in [0.3, 0.4) is 0 Å². The molecule has 0 spiro atoms. The Labute approximate surface area is 248 Å². The molecule has 230 valence electrons. The van der Waals surface area contributed by atoms with Crippen LogP contribution in [0.2, 0.25) is 0 Å². The molecule has 16 heteroatoms. The van der Waals surface area contributed by atoms with Crippen LogP contribution in [0, 0.1) is 10.8 Å². The van der Waals surface area contributed by atoms with Gasteiger partial charge in [-0.15, -0.1) is 0 Å². The van der Waals surface area contributed by atoms with Crippen molar-refractivity contribution >= 4 is 54.5 Å². The van der Waals surface area contributed by atoms with Crippen LogP contribution in [0.4, 0.5) is 5.69 Å². The number of benzene rings is 3. The van der Waals surface area contributed by atoms with E-state index in [4.69, 9.17) is 40.5 Å². The first kappa shape index (κ1) is 34.4. The number of fused-ring (bicyclic) bond motifs is 1. The third-order valence-electron chi connectivity index (χ3n) is 5.09. The number of esters is 1. The zero-order chi connectivity index (χ0) is 32.4. The van der Waals surface area contributed by atoms with Gasteiger partial charge < -0.3 is 25.9 Å². The fraction of sp³-hybridized carbons (Fsp3) is 0.148. The minimum Gasteiger partial charge on any atom is -0.454 e. The smallest absolute Gasteiger partial charge is 0.379 e. The van der Waals surface area contributed by atoms with Crippen molar-refractivity contribution in [2.75, 3.05) is 17.8 Å². The Kier molecular flexibility index (Phi) is 11.9. The van der Waals surface area contributed by atoms with Gasteiger partial charge in [0.05, 0.1) is 12.5 Å². The lowest BCUT2D eigenvalue weighted by Crippen LogP contribution is -2.20. The highest BCUT2D eigenvalue weighted by Crippen LogP contribution is 2.23. The minimum absolute atomic E-state index is 0.00281. The summed E-state index contributed by atoms with van der Waals surface area (Å²) < 4.78 is 62.9. The van der Waals surface area contributed by atoms with Crippen molar-refractivity contribution < 1.29 is 39.9 Å². The van der Waals surface area contributed by atoms with Gasteiger partial charge in [0.25, 0.3) is 20.2 Å². The fourth-order valence-corrected chi connectivity index (χ4v) is 3.41. The third kappa shape index (κ3) is 14.1. The molecular formula is C27H31N5O9S2. The lowest BCUT2D eigenvalue weighted by atomic mass is 10.1. The van der Waals surface area contributed by atoms with Crippen LogP contribution in [0.5, 0.6) is 5.75 Å². The van der Waals surface area contributed by atoms with Crippen molar-refractivity contribution in [1.82, 2.24) is 0 Å². The molecule has 4 aromatic rings. The molecular weight excluding hydrogens is 602 g/mol. The summed E-state index contributed by atoms with van der Waals surface area (Å²) in [6.07, 6.45) is 2.79. The van der Waals surface area contributed by atoms with E-state index in [0.717, 1.165) is 28.4 Å². The van der Waals surface area contributed by atoms with Crippen LogP contribution in [0.1, 0.15) is 27.4 Å². The van der Waals surface area contributed by atoms with E-state index in [1.165, 1.54) is 0 Å². The quantitative estimate of drug-likeness (QED) is 0.0509. The van der Waals surface area contributed by atoms with Crippen LogP contribution < -0.4 is 21.5 Å². The Morgan fingerprint density at radius 3 is 1.95 bits per heavy atom. The Hall–Kier alpha value is -4.77. The molecule has 0 saturated heterocycles. The summed E-state index contributed by atoms with van der Waals surface area (Å²) in [5, 5.41) is 19.3. The average molecular weight is 634 g/mol. The van der Waals surface area contributed by atoms with Gasteiger partial charge in [-0.3, -0.25) is 19.9 Å². The van der Waals surface area contributed by atoms with Gasteiger partial charge in [-0.25, -0.2) is 4.79 Å². The second-order valence-corrected chi connectivity index (χ2v) is 11.9. The molecule has 0 bridgehead atoms. The van der Waals surface area contributed by atoms with Gasteiger partial charge in [-0.05, 0) is 65.2 Å². The van der Waals surface area contributed by atoms with Crippen molar-refractivity contribution in [1.29, 1.82) is 10.8 Å². The first-order valence-corrected chi connectivity index (χ1v) is 15.8. The highest BCUT2D eigenvalue weighted by atomic mass is 32.2. The number of rotatable bonds is 7. The molecule has 4 rings (SSSR count). The monoisotopic (exact) mass is 633 g/mol. The largest absolute Gasteiger partial charge is 0.454 e.